The molecule has 7 nitrogen and oxygen atoms in total. The Balaban J connectivity index is 1.53. The molecule has 1 aliphatic heterocycles. The predicted octanol–water partition coefficient (Wildman–Crippen LogP) is 2.99. The van der Waals surface area contributed by atoms with Gasteiger partial charge in [0, 0.05) is 37.6 Å². The molecule has 1 amide bonds. The number of nitrogens with zero attached hydrogens (tertiary/aromatic N) is 5. The van der Waals surface area contributed by atoms with Crippen molar-refractivity contribution >= 4 is 22.6 Å². The zero-order valence-electron chi connectivity index (χ0n) is 16.5. The Morgan fingerprint density at radius 1 is 1.14 bits per heavy atom. The Hall–Kier alpha value is -3.09. The first-order valence-corrected chi connectivity index (χ1v) is 9.63. The first-order chi connectivity index (χ1) is 13.5. The van der Waals surface area contributed by atoms with Gasteiger partial charge in [-0.2, -0.15) is 5.10 Å². The standard InChI is InChI=1S/C21H25N5O2/c1-14(2)26-20-16(13-22-26)12-17(15(3)23-20)21(28)25-10-8-24(9-11-25)18-6-4-5-7-19(18)27/h4-7,12-14,27H,8-11H2,1-3H3. The van der Waals surface area contributed by atoms with Crippen molar-refractivity contribution in [2.45, 2.75) is 26.8 Å². The Labute approximate surface area is 164 Å². The number of rotatable bonds is 3. The monoisotopic (exact) mass is 379 g/mol. The molecular weight excluding hydrogens is 354 g/mol. The molecule has 2 aromatic heterocycles. The van der Waals surface area contributed by atoms with E-state index in [1.165, 1.54) is 0 Å². The van der Waals surface area contributed by atoms with Crippen molar-refractivity contribution in [3.05, 3.63) is 47.8 Å². The van der Waals surface area contributed by atoms with Gasteiger partial charge in [-0.15, -0.1) is 0 Å². The molecule has 3 heterocycles. The van der Waals surface area contributed by atoms with E-state index >= 15 is 0 Å². The maximum atomic E-state index is 13.1. The van der Waals surface area contributed by atoms with Gasteiger partial charge in [-0.25, -0.2) is 9.67 Å². The zero-order chi connectivity index (χ0) is 19.8. The van der Waals surface area contributed by atoms with Crippen LogP contribution in [0.2, 0.25) is 0 Å². The molecule has 0 atom stereocenters. The molecule has 1 aliphatic rings. The normalized spacial score (nSPS) is 14.9. The minimum absolute atomic E-state index is 0.00105. The van der Waals surface area contributed by atoms with Crippen LogP contribution in [0, 0.1) is 6.92 Å². The molecule has 0 saturated carbocycles. The Morgan fingerprint density at radius 3 is 2.54 bits per heavy atom. The summed E-state index contributed by atoms with van der Waals surface area (Å²) in [7, 11) is 0. The van der Waals surface area contributed by atoms with Crippen molar-refractivity contribution in [2.75, 3.05) is 31.1 Å². The van der Waals surface area contributed by atoms with Crippen LogP contribution in [0.1, 0.15) is 35.9 Å². The molecule has 1 saturated heterocycles. The smallest absolute Gasteiger partial charge is 0.255 e. The number of pyridine rings is 1. The minimum Gasteiger partial charge on any atom is -0.506 e. The molecule has 1 fully saturated rings. The quantitative estimate of drug-likeness (QED) is 0.757. The van der Waals surface area contributed by atoms with Crippen molar-refractivity contribution in [2.24, 2.45) is 0 Å². The van der Waals surface area contributed by atoms with E-state index in [1.54, 1.807) is 12.3 Å². The van der Waals surface area contributed by atoms with Crippen molar-refractivity contribution in [1.29, 1.82) is 0 Å². The molecule has 3 aromatic rings. The second-order valence-electron chi connectivity index (χ2n) is 7.49. The minimum atomic E-state index is 0.00105. The number of hydrogen-bond donors (Lipinski definition) is 1. The number of aryl methyl sites for hydroxylation is 1. The lowest BCUT2D eigenvalue weighted by Crippen LogP contribution is -2.49. The Bertz CT molecular complexity index is 1020. The number of carbonyl (C=O) groups excluding carboxylic acids is 1. The summed E-state index contributed by atoms with van der Waals surface area (Å²) in [5.41, 5.74) is 2.98. The highest BCUT2D eigenvalue weighted by Crippen LogP contribution is 2.28. The first-order valence-electron chi connectivity index (χ1n) is 9.63. The summed E-state index contributed by atoms with van der Waals surface area (Å²) in [6.45, 7) is 8.58. The summed E-state index contributed by atoms with van der Waals surface area (Å²) in [6.07, 6.45) is 1.77. The van der Waals surface area contributed by atoms with Gasteiger partial charge in [0.1, 0.15) is 5.75 Å². The van der Waals surface area contributed by atoms with Crippen LogP contribution in [0.4, 0.5) is 5.69 Å². The lowest BCUT2D eigenvalue weighted by molar-refractivity contribution is 0.0745. The van der Waals surface area contributed by atoms with E-state index < -0.39 is 0 Å². The van der Waals surface area contributed by atoms with E-state index in [9.17, 15) is 9.90 Å². The molecule has 28 heavy (non-hydrogen) atoms. The second kappa shape index (κ2) is 7.14. The van der Waals surface area contributed by atoms with Crippen LogP contribution in [0.3, 0.4) is 0 Å². The van der Waals surface area contributed by atoms with E-state index in [-0.39, 0.29) is 17.7 Å². The molecule has 1 aromatic carbocycles. The maximum Gasteiger partial charge on any atom is 0.255 e. The Kier molecular flexibility index (Phi) is 4.66. The van der Waals surface area contributed by atoms with Gasteiger partial charge in [-0.3, -0.25) is 4.79 Å². The van der Waals surface area contributed by atoms with Crippen LogP contribution in [0.25, 0.3) is 11.0 Å². The van der Waals surface area contributed by atoms with Crippen LogP contribution in [-0.2, 0) is 0 Å². The molecule has 0 bridgehead atoms. The Morgan fingerprint density at radius 2 is 1.86 bits per heavy atom. The van der Waals surface area contributed by atoms with E-state index in [0.717, 1.165) is 22.4 Å². The summed E-state index contributed by atoms with van der Waals surface area (Å²) in [6, 6.07) is 9.44. The summed E-state index contributed by atoms with van der Waals surface area (Å²) in [5, 5.41) is 15.3. The summed E-state index contributed by atoms with van der Waals surface area (Å²) >= 11 is 0. The average Bonchev–Trinajstić information content (AvgIpc) is 3.10. The number of amides is 1. The fraction of sp³-hybridized carbons (Fsp3) is 0.381. The number of hydrogen-bond acceptors (Lipinski definition) is 5. The highest BCUT2D eigenvalue weighted by atomic mass is 16.3. The predicted molar refractivity (Wildman–Crippen MR) is 109 cm³/mol. The SMILES string of the molecule is Cc1nc2c(cnn2C(C)C)cc1C(=O)N1CCN(c2ccccc2O)CC1. The van der Waals surface area contributed by atoms with Gasteiger partial charge in [0.2, 0.25) is 0 Å². The van der Waals surface area contributed by atoms with Crippen molar-refractivity contribution in [3.8, 4) is 5.75 Å². The zero-order valence-corrected chi connectivity index (χ0v) is 16.5. The third-order valence-corrected chi connectivity index (χ3v) is 5.27. The van der Waals surface area contributed by atoms with Crippen LogP contribution in [0.5, 0.6) is 5.75 Å². The highest BCUT2D eigenvalue weighted by Gasteiger charge is 2.25. The number of fused-ring (bicyclic) bond motifs is 1. The molecular formula is C21H25N5O2. The van der Waals surface area contributed by atoms with Gasteiger partial charge < -0.3 is 14.9 Å². The number of phenolic OH excluding ortho intramolecular Hbond substituents is 1. The first kappa shape index (κ1) is 18.3. The molecule has 7 heteroatoms. The molecule has 0 spiro atoms. The van der Waals surface area contributed by atoms with Crippen LogP contribution in [-0.4, -0.2) is 56.9 Å². The molecule has 0 radical (unpaired) electrons. The van der Waals surface area contributed by atoms with E-state index in [2.05, 4.69) is 28.8 Å². The maximum absolute atomic E-state index is 13.1. The molecule has 1 N–H and O–H groups in total. The van der Waals surface area contributed by atoms with E-state index in [0.29, 0.717) is 31.7 Å². The largest absolute Gasteiger partial charge is 0.506 e. The van der Waals surface area contributed by atoms with Crippen molar-refractivity contribution in [1.82, 2.24) is 19.7 Å². The van der Waals surface area contributed by atoms with Gasteiger partial charge in [0.25, 0.3) is 5.91 Å². The number of anilines is 1. The molecule has 0 aliphatic carbocycles. The topological polar surface area (TPSA) is 74.5 Å². The third-order valence-electron chi connectivity index (χ3n) is 5.27. The number of piperazine rings is 1. The van der Waals surface area contributed by atoms with Gasteiger partial charge in [-0.1, -0.05) is 12.1 Å². The fourth-order valence-corrected chi connectivity index (χ4v) is 3.71. The fourth-order valence-electron chi connectivity index (χ4n) is 3.71. The number of benzene rings is 1. The lowest BCUT2D eigenvalue weighted by atomic mass is 10.1. The number of aromatic nitrogens is 3. The van der Waals surface area contributed by atoms with Gasteiger partial charge >= 0.3 is 0 Å². The van der Waals surface area contributed by atoms with Crippen molar-refractivity contribution < 1.29 is 9.90 Å². The van der Waals surface area contributed by atoms with Gasteiger partial charge in [-0.05, 0) is 39.0 Å². The number of carbonyl (C=O) groups is 1. The molecule has 0 unspecified atom stereocenters. The van der Waals surface area contributed by atoms with Gasteiger partial charge in [0.05, 0.1) is 23.1 Å². The molecule has 4 rings (SSSR count). The average molecular weight is 379 g/mol. The van der Waals surface area contributed by atoms with E-state index in [1.807, 2.05) is 40.8 Å². The molecule has 146 valence electrons. The lowest BCUT2D eigenvalue weighted by Gasteiger charge is -2.36. The highest BCUT2D eigenvalue weighted by molar-refractivity contribution is 5.98. The van der Waals surface area contributed by atoms with Gasteiger partial charge in [0.15, 0.2) is 5.65 Å². The van der Waals surface area contributed by atoms with Crippen molar-refractivity contribution in [3.63, 3.8) is 0 Å². The summed E-state index contributed by atoms with van der Waals surface area (Å²) in [5.74, 6) is 0.274. The third kappa shape index (κ3) is 3.17. The second-order valence-corrected chi connectivity index (χ2v) is 7.49. The summed E-state index contributed by atoms with van der Waals surface area (Å²) in [4.78, 5) is 21.7. The van der Waals surface area contributed by atoms with E-state index in [4.69, 9.17) is 0 Å². The van der Waals surface area contributed by atoms with Crippen LogP contribution < -0.4 is 4.90 Å². The van der Waals surface area contributed by atoms with Crippen LogP contribution in [0.15, 0.2) is 36.5 Å². The summed E-state index contributed by atoms with van der Waals surface area (Å²) < 4.78 is 1.88. The number of para-hydroxylation sites is 2. The number of aromatic hydroxyl groups is 1. The van der Waals surface area contributed by atoms with Crippen LogP contribution >= 0.6 is 0 Å². The number of phenols is 1.